The fraction of sp³-hybridized carbons (Fsp3) is 0.0909. The summed E-state index contributed by atoms with van der Waals surface area (Å²) in [5, 5.41) is 10.8. The van der Waals surface area contributed by atoms with Crippen LogP contribution in [0.1, 0.15) is 16.7 Å². The van der Waals surface area contributed by atoms with E-state index in [4.69, 9.17) is 0 Å². The van der Waals surface area contributed by atoms with E-state index >= 15 is 0 Å². The Morgan fingerprint density at radius 3 is 2.50 bits per heavy atom. The Labute approximate surface area is 119 Å². The zero-order valence-corrected chi connectivity index (χ0v) is 11.6. The first-order chi connectivity index (χ1) is 9.40. The summed E-state index contributed by atoms with van der Waals surface area (Å²) in [7, 11) is 0. The second-order valence-electron chi connectivity index (χ2n) is 3.60. The minimum atomic E-state index is -0.831. The zero-order valence-electron chi connectivity index (χ0n) is 9.92. The molecule has 1 heterocycles. The van der Waals surface area contributed by atoms with Gasteiger partial charge in [0.05, 0.1) is 4.90 Å². The largest absolute Gasteiger partial charge is 0.389 e. The SMILES string of the molecule is CC(=O)c1nc([N+](=O)[O-])c(Sc2c(F)cccc2F)s1. The number of hydrogen-bond donors (Lipinski definition) is 0. The van der Waals surface area contributed by atoms with Crippen molar-refractivity contribution in [2.45, 2.75) is 16.0 Å². The van der Waals surface area contributed by atoms with Crippen molar-refractivity contribution in [3.05, 3.63) is 45.0 Å². The highest BCUT2D eigenvalue weighted by Crippen LogP contribution is 2.41. The number of rotatable bonds is 4. The fourth-order valence-corrected chi connectivity index (χ4v) is 3.35. The van der Waals surface area contributed by atoms with Crippen LogP contribution in [0.2, 0.25) is 0 Å². The highest BCUT2D eigenvalue weighted by Gasteiger charge is 2.27. The molecule has 0 saturated carbocycles. The maximum absolute atomic E-state index is 13.5. The van der Waals surface area contributed by atoms with E-state index in [2.05, 4.69) is 4.98 Å². The molecule has 2 aromatic rings. The number of thiazole rings is 1. The topological polar surface area (TPSA) is 73.1 Å². The molecule has 2 rings (SSSR count). The van der Waals surface area contributed by atoms with Crippen molar-refractivity contribution in [1.82, 2.24) is 4.98 Å². The monoisotopic (exact) mass is 316 g/mol. The molecule has 0 bridgehead atoms. The van der Waals surface area contributed by atoms with E-state index in [9.17, 15) is 23.7 Å². The third kappa shape index (κ3) is 2.83. The van der Waals surface area contributed by atoms with Crippen LogP contribution in [0, 0.1) is 21.7 Å². The molecule has 1 aromatic carbocycles. The number of Topliss-reactive ketones (excluding diaryl/α,β-unsaturated/α-hetero) is 1. The number of ketones is 1. The summed E-state index contributed by atoms with van der Waals surface area (Å²) in [5.74, 6) is -2.68. The second-order valence-corrected chi connectivity index (χ2v) is 5.87. The van der Waals surface area contributed by atoms with Crippen LogP contribution in [0.15, 0.2) is 27.3 Å². The summed E-state index contributed by atoms with van der Waals surface area (Å²) in [6.07, 6.45) is 0. The first kappa shape index (κ1) is 14.5. The summed E-state index contributed by atoms with van der Waals surface area (Å²) in [6.45, 7) is 1.21. The van der Waals surface area contributed by atoms with Gasteiger partial charge in [0, 0.05) is 6.92 Å². The quantitative estimate of drug-likeness (QED) is 0.489. The standard InChI is InChI=1S/C11H6F2N2O3S2/c1-5(16)10-14-9(15(17)18)11(20-10)19-8-6(12)3-2-4-7(8)13/h2-4H,1H3. The van der Waals surface area contributed by atoms with E-state index < -0.39 is 28.2 Å². The summed E-state index contributed by atoms with van der Waals surface area (Å²) >= 11 is 1.28. The maximum Gasteiger partial charge on any atom is 0.389 e. The number of benzene rings is 1. The van der Waals surface area contributed by atoms with Gasteiger partial charge in [-0.15, -0.1) is 0 Å². The van der Waals surface area contributed by atoms with Crippen LogP contribution in [-0.2, 0) is 0 Å². The van der Waals surface area contributed by atoms with Crippen molar-refractivity contribution in [2.75, 3.05) is 0 Å². The molecule has 20 heavy (non-hydrogen) atoms. The second kappa shape index (κ2) is 5.63. The van der Waals surface area contributed by atoms with E-state index in [-0.39, 0.29) is 14.1 Å². The average molecular weight is 316 g/mol. The molecule has 0 atom stereocenters. The predicted molar refractivity (Wildman–Crippen MR) is 69.3 cm³/mol. The zero-order chi connectivity index (χ0) is 14.9. The van der Waals surface area contributed by atoms with E-state index in [0.29, 0.717) is 11.8 Å². The molecule has 0 saturated heterocycles. The summed E-state index contributed by atoms with van der Waals surface area (Å²) < 4.78 is 27.0. The highest BCUT2D eigenvalue weighted by atomic mass is 32.2. The summed E-state index contributed by atoms with van der Waals surface area (Å²) in [5.41, 5.74) is 0. The normalized spacial score (nSPS) is 10.6. The van der Waals surface area contributed by atoms with Gasteiger partial charge in [-0.3, -0.25) is 4.79 Å². The van der Waals surface area contributed by atoms with E-state index in [1.54, 1.807) is 0 Å². The smallest absolute Gasteiger partial charge is 0.358 e. The van der Waals surface area contributed by atoms with Gasteiger partial charge in [-0.1, -0.05) is 29.2 Å². The average Bonchev–Trinajstić information content (AvgIpc) is 2.78. The van der Waals surface area contributed by atoms with Crippen LogP contribution >= 0.6 is 23.1 Å². The first-order valence-corrected chi connectivity index (χ1v) is 6.81. The lowest BCUT2D eigenvalue weighted by Crippen LogP contribution is -1.93. The fourth-order valence-electron chi connectivity index (χ4n) is 1.30. The number of nitrogens with zero attached hydrogens (tertiary/aromatic N) is 2. The van der Waals surface area contributed by atoms with Crippen LogP contribution in [0.25, 0.3) is 0 Å². The molecule has 0 aliphatic heterocycles. The van der Waals surface area contributed by atoms with Gasteiger partial charge in [-0.05, 0) is 22.0 Å². The molecule has 0 N–H and O–H groups in total. The molecule has 0 spiro atoms. The molecule has 0 amide bonds. The molecular formula is C11H6F2N2O3S2. The van der Waals surface area contributed by atoms with Crippen molar-refractivity contribution in [3.63, 3.8) is 0 Å². The Morgan fingerprint density at radius 2 is 2.00 bits per heavy atom. The lowest BCUT2D eigenvalue weighted by atomic mass is 10.3. The van der Waals surface area contributed by atoms with Crippen molar-refractivity contribution < 1.29 is 18.5 Å². The van der Waals surface area contributed by atoms with Gasteiger partial charge in [0.15, 0.2) is 4.21 Å². The molecule has 0 aliphatic rings. The lowest BCUT2D eigenvalue weighted by molar-refractivity contribution is -0.391. The number of halogens is 2. The van der Waals surface area contributed by atoms with E-state index in [0.717, 1.165) is 23.5 Å². The van der Waals surface area contributed by atoms with Crippen LogP contribution < -0.4 is 0 Å². The predicted octanol–water partition coefficient (Wildman–Crippen LogP) is 3.68. The minimum absolute atomic E-state index is 0.0378. The van der Waals surface area contributed by atoms with Gasteiger partial charge in [-0.25, -0.2) is 8.78 Å². The molecular weight excluding hydrogens is 310 g/mol. The van der Waals surface area contributed by atoms with Crippen molar-refractivity contribution >= 4 is 34.7 Å². The summed E-state index contributed by atoms with van der Waals surface area (Å²) in [4.78, 5) is 24.5. The Bertz CT molecular complexity index is 683. The van der Waals surface area contributed by atoms with Crippen molar-refractivity contribution in [3.8, 4) is 0 Å². The number of carbonyl (C=O) groups is 1. The Hall–Kier alpha value is -1.87. The van der Waals surface area contributed by atoms with Gasteiger partial charge in [-0.2, -0.15) is 0 Å². The number of nitro groups is 1. The van der Waals surface area contributed by atoms with Gasteiger partial charge in [0.2, 0.25) is 5.78 Å². The molecule has 0 unspecified atom stereocenters. The highest BCUT2D eigenvalue weighted by molar-refractivity contribution is 8.01. The molecule has 5 nitrogen and oxygen atoms in total. The van der Waals surface area contributed by atoms with Crippen LogP contribution in [0.3, 0.4) is 0 Å². The van der Waals surface area contributed by atoms with Gasteiger partial charge in [0.25, 0.3) is 5.01 Å². The van der Waals surface area contributed by atoms with Crippen LogP contribution in [-0.4, -0.2) is 15.7 Å². The van der Waals surface area contributed by atoms with Gasteiger partial charge < -0.3 is 10.1 Å². The van der Waals surface area contributed by atoms with Gasteiger partial charge in [0.1, 0.15) is 11.6 Å². The van der Waals surface area contributed by atoms with Gasteiger partial charge >= 0.3 is 5.82 Å². The molecule has 104 valence electrons. The third-order valence-corrected chi connectivity index (χ3v) is 4.57. The van der Waals surface area contributed by atoms with E-state index in [1.165, 1.54) is 13.0 Å². The lowest BCUT2D eigenvalue weighted by Gasteiger charge is -2.01. The molecule has 0 aliphatic carbocycles. The van der Waals surface area contributed by atoms with Crippen molar-refractivity contribution in [2.24, 2.45) is 0 Å². The number of hydrogen-bond acceptors (Lipinski definition) is 6. The Balaban J connectivity index is 2.47. The maximum atomic E-state index is 13.5. The van der Waals surface area contributed by atoms with E-state index in [1.807, 2.05) is 0 Å². The number of carbonyl (C=O) groups excluding carboxylic acids is 1. The summed E-state index contributed by atoms with van der Waals surface area (Å²) in [6, 6.07) is 3.28. The molecule has 9 heteroatoms. The van der Waals surface area contributed by atoms with Crippen LogP contribution in [0.4, 0.5) is 14.6 Å². The van der Waals surface area contributed by atoms with Crippen LogP contribution in [0.5, 0.6) is 0 Å². The molecule has 0 radical (unpaired) electrons. The third-order valence-electron chi connectivity index (χ3n) is 2.17. The Kier molecular flexibility index (Phi) is 4.09. The minimum Gasteiger partial charge on any atom is -0.358 e. The van der Waals surface area contributed by atoms with Crippen molar-refractivity contribution in [1.29, 1.82) is 0 Å². The molecule has 0 fully saturated rings. The molecule has 1 aromatic heterocycles. The number of aromatic nitrogens is 1. The first-order valence-electron chi connectivity index (χ1n) is 5.18. The Morgan fingerprint density at radius 1 is 1.40 bits per heavy atom.